The predicted molar refractivity (Wildman–Crippen MR) is 133 cm³/mol. The number of hydrogen-bond acceptors (Lipinski definition) is 6. The Balaban J connectivity index is 1.77. The lowest BCUT2D eigenvalue weighted by Gasteiger charge is -2.37. The number of nitrogens with one attached hydrogen (secondary N) is 1. The molecule has 2 N–H and O–H groups in total. The second-order valence-electron chi connectivity index (χ2n) is 8.62. The minimum Gasteiger partial charge on any atom is -0.366 e. The lowest BCUT2D eigenvalue weighted by molar-refractivity contribution is 0.588. The van der Waals surface area contributed by atoms with Gasteiger partial charge in [-0.05, 0) is 42.9 Å². The second-order valence-corrected chi connectivity index (χ2v) is 11.7. The molecule has 1 atom stereocenters. The maximum Gasteiger partial charge on any atom is 0.166 e. The largest absolute Gasteiger partial charge is 0.366 e. The van der Waals surface area contributed by atoms with Gasteiger partial charge in [-0.15, -0.1) is 0 Å². The zero-order chi connectivity index (χ0) is 22.8. The Morgan fingerprint density at radius 1 is 1.12 bits per heavy atom. The summed E-state index contributed by atoms with van der Waals surface area (Å²) in [6.45, 7) is 6.57. The van der Waals surface area contributed by atoms with Gasteiger partial charge in [0.15, 0.2) is 5.65 Å². The highest BCUT2D eigenvalue weighted by molar-refractivity contribution is 8.28. The van der Waals surface area contributed by atoms with E-state index in [1.807, 2.05) is 75.5 Å². The first-order chi connectivity index (χ1) is 15.2. The topological polar surface area (TPSA) is 87.7 Å². The van der Waals surface area contributed by atoms with Crippen LogP contribution in [0.1, 0.15) is 31.9 Å². The van der Waals surface area contributed by atoms with Gasteiger partial charge in [0.05, 0.1) is 17.5 Å². The second kappa shape index (κ2) is 8.72. The highest BCUT2D eigenvalue weighted by Gasteiger charge is 2.29. The SMILES string of the molecule is CC(C)(C)S(C)(O)/N=C/c1cnn2c(NCc3cccnc3)cc(-c3ccccc3)nc12. The fourth-order valence-electron chi connectivity index (χ4n) is 2.97. The Morgan fingerprint density at radius 3 is 2.59 bits per heavy atom. The van der Waals surface area contributed by atoms with Crippen LogP contribution in [0.25, 0.3) is 16.9 Å². The molecule has 8 heteroatoms. The van der Waals surface area contributed by atoms with E-state index < -0.39 is 10.5 Å². The smallest absolute Gasteiger partial charge is 0.166 e. The summed E-state index contributed by atoms with van der Waals surface area (Å²) in [4.78, 5) is 9.05. The number of fused-ring (bicyclic) bond motifs is 1. The highest BCUT2D eigenvalue weighted by atomic mass is 32.3. The van der Waals surface area contributed by atoms with Crippen molar-refractivity contribution in [3.63, 3.8) is 0 Å². The summed E-state index contributed by atoms with van der Waals surface area (Å²) in [6.07, 6.45) is 8.81. The van der Waals surface area contributed by atoms with E-state index in [0.717, 1.165) is 28.2 Å². The molecule has 0 spiro atoms. The number of hydrogen-bond donors (Lipinski definition) is 2. The van der Waals surface area contributed by atoms with Gasteiger partial charge in [0.2, 0.25) is 0 Å². The van der Waals surface area contributed by atoms with E-state index >= 15 is 0 Å². The molecular weight excluding hydrogens is 420 g/mol. The van der Waals surface area contributed by atoms with Gasteiger partial charge < -0.3 is 9.87 Å². The van der Waals surface area contributed by atoms with Gasteiger partial charge in [0.25, 0.3) is 0 Å². The van der Waals surface area contributed by atoms with Gasteiger partial charge in [-0.1, -0.05) is 36.4 Å². The third kappa shape index (κ3) is 4.66. The lowest BCUT2D eigenvalue weighted by atomic mass is 10.1. The monoisotopic (exact) mass is 448 g/mol. The molecule has 32 heavy (non-hydrogen) atoms. The highest BCUT2D eigenvalue weighted by Crippen LogP contribution is 2.53. The normalized spacial score (nSPS) is 15.0. The molecule has 0 aliphatic carbocycles. The zero-order valence-corrected chi connectivity index (χ0v) is 19.5. The molecule has 0 bridgehead atoms. The Morgan fingerprint density at radius 2 is 1.91 bits per heavy atom. The van der Waals surface area contributed by atoms with Crippen LogP contribution in [0.4, 0.5) is 5.82 Å². The first-order valence-electron chi connectivity index (χ1n) is 10.4. The molecule has 0 fully saturated rings. The summed E-state index contributed by atoms with van der Waals surface area (Å²) in [5, 5.41) is 8.00. The molecule has 4 rings (SSSR count). The molecule has 166 valence electrons. The van der Waals surface area contributed by atoms with Crippen molar-refractivity contribution in [3.05, 3.63) is 78.2 Å². The fourth-order valence-corrected chi connectivity index (χ4v) is 3.60. The van der Waals surface area contributed by atoms with E-state index in [9.17, 15) is 4.55 Å². The molecule has 4 aromatic rings. The van der Waals surface area contributed by atoms with Crippen LogP contribution in [-0.4, -0.2) is 41.4 Å². The molecule has 7 nitrogen and oxygen atoms in total. The summed E-state index contributed by atoms with van der Waals surface area (Å²) in [6, 6.07) is 16.0. The quantitative estimate of drug-likeness (QED) is 0.383. The van der Waals surface area contributed by atoms with Gasteiger partial charge in [-0.2, -0.15) is 9.61 Å². The van der Waals surface area contributed by atoms with Crippen LogP contribution >= 0.6 is 10.5 Å². The Bertz CT molecular complexity index is 1230. The van der Waals surface area contributed by atoms with Crippen LogP contribution < -0.4 is 5.32 Å². The van der Waals surface area contributed by atoms with E-state index in [0.29, 0.717) is 12.2 Å². The van der Waals surface area contributed by atoms with Crippen molar-refractivity contribution < 1.29 is 4.55 Å². The third-order valence-electron chi connectivity index (χ3n) is 5.32. The minimum atomic E-state index is -2.18. The first kappa shape index (κ1) is 22.0. The Kier molecular flexibility index (Phi) is 5.99. The standard InChI is InChI=1S/C24H28N6OS/c1-24(2,3)32(4,31)28-17-20-16-27-30-22(26-15-18-9-8-12-25-14-18)13-21(29-23(20)30)19-10-6-5-7-11-19/h5-14,16-17,26,31H,15H2,1-4H3/b28-17+. The van der Waals surface area contributed by atoms with E-state index in [1.54, 1.807) is 29.4 Å². The Labute approximate surface area is 189 Å². The molecule has 0 amide bonds. The van der Waals surface area contributed by atoms with Crippen molar-refractivity contribution in [2.75, 3.05) is 11.6 Å². The van der Waals surface area contributed by atoms with Crippen LogP contribution in [0.3, 0.4) is 0 Å². The molecule has 1 aromatic carbocycles. The van der Waals surface area contributed by atoms with Crippen LogP contribution in [0, 0.1) is 0 Å². The number of anilines is 1. The number of rotatable bonds is 6. The summed E-state index contributed by atoms with van der Waals surface area (Å²) in [7, 11) is -2.18. The fraction of sp³-hybridized carbons (Fsp3) is 0.250. The van der Waals surface area contributed by atoms with Gasteiger partial charge >= 0.3 is 0 Å². The van der Waals surface area contributed by atoms with Crippen molar-refractivity contribution in [2.45, 2.75) is 32.1 Å². The van der Waals surface area contributed by atoms with Crippen LogP contribution in [0.2, 0.25) is 0 Å². The predicted octanol–water partition coefficient (Wildman–Crippen LogP) is 5.44. The summed E-state index contributed by atoms with van der Waals surface area (Å²) >= 11 is 0. The Hall–Kier alpha value is -3.23. The van der Waals surface area contributed by atoms with E-state index in [-0.39, 0.29) is 4.75 Å². The molecule has 3 heterocycles. The van der Waals surface area contributed by atoms with Gasteiger partial charge in [-0.3, -0.25) is 4.98 Å². The number of benzene rings is 1. The third-order valence-corrected chi connectivity index (χ3v) is 8.16. The summed E-state index contributed by atoms with van der Waals surface area (Å²) < 4.78 is 16.8. The molecule has 0 saturated carbocycles. The molecule has 0 radical (unpaired) electrons. The van der Waals surface area contributed by atoms with E-state index in [4.69, 9.17) is 4.98 Å². The van der Waals surface area contributed by atoms with Gasteiger partial charge in [0, 0.05) is 47.8 Å². The molecular formula is C24H28N6OS. The van der Waals surface area contributed by atoms with Crippen molar-refractivity contribution in [2.24, 2.45) is 4.40 Å². The molecule has 1 unspecified atom stereocenters. The van der Waals surface area contributed by atoms with Crippen molar-refractivity contribution in [1.29, 1.82) is 0 Å². The maximum absolute atomic E-state index is 10.8. The number of pyridine rings is 1. The average molecular weight is 449 g/mol. The van der Waals surface area contributed by atoms with Crippen molar-refractivity contribution in [3.8, 4) is 11.3 Å². The van der Waals surface area contributed by atoms with E-state index in [2.05, 4.69) is 19.8 Å². The lowest BCUT2D eigenvalue weighted by Crippen LogP contribution is -2.21. The molecule has 0 saturated heterocycles. The molecule has 0 aliphatic rings. The van der Waals surface area contributed by atoms with Crippen LogP contribution in [0.5, 0.6) is 0 Å². The van der Waals surface area contributed by atoms with Gasteiger partial charge in [-0.25, -0.2) is 9.38 Å². The molecule has 3 aromatic heterocycles. The van der Waals surface area contributed by atoms with Crippen molar-refractivity contribution in [1.82, 2.24) is 19.6 Å². The summed E-state index contributed by atoms with van der Waals surface area (Å²) in [5.74, 6) is 0.812. The minimum absolute atomic E-state index is 0.328. The number of nitrogens with zero attached hydrogens (tertiary/aromatic N) is 5. The first-order valence-corrected chi connectivity index (χ1v) is 12.3. The number of aromatic nitrogens is 4. The average Bonchev–Trinajstić information content (AvgIpc) is 3.20. The zero-order valence-electron chi connectivity index (χ0n) is 18.7. The summed E-state index contributed by atoms with van der Waals surface area (Å²) in [5.41, 5.74) is 4.34. The maximum atomic E-state index is 10.8. The van der Waals surface area contributed by atoms with Crippen LogP contribution in [0.15, 0.2) is 71.5 Å². The molecule has 0 aliphatic heterocycles. The van der Waals surface area contributed by atoms with Crippen LogP contribution in [-0.2, 0) is 6.54 Å². The van der Waals surface area contributed by atoms with Crippen molar-refractivity contribution >= 4 is 28.2 Å². The van der Waals surface area contributed by atoms with E-state index in [1.165, 1.54) is 0 Å². The van der Waals surface area contributed by atoms with Gasteiger partial charge in [0.1, 0.15) is 5.82 Å².